The number of nitrogens with zero attached hydrogens (tertiary/aromatic N) is 3. The molecule has 1 spiro atoms. The summed E-state index contributed by atoms with van der Waals surface area (Å²) < 4.78 is 1.80. The van der Waals surface area contributed by atoms with Gasteiger partial charge in [-0.05, 0) is 62.5 Å². The third-order valence-corrected chi connectivity index (χ3v) is 7.62. The van der Waals surface area contributed by atoms with Gasteiger partial charge in [-0.25, -0.2) is 9.97 Å². The fourth-order valence-electron chi connectivity index (χ4n) is 6.82. The highest BCUT2D eigenvalue weighted by Gasteiger charge is 2.62. The third-order valence-electron chi connectivity index (χ3n) is 7.62. The van der Waals surface area contributed by atoms with E-state index in [1.54, 1.807) is 16.7 Å². The topological polar surface area (TPSA) is 115 Å². The number of fused-ring (bicyclic) bond motifs is 1. The van der Waals surface area contributed by atoms with Crippen molar-refractivity contribution < 1.29 is 4.79 Å². The number of rotatable bonds is 2. The van der Waals surface area contributed by atoms with Crippen molar-refractivity contribution >= 4 is 23.2 Å². The molecule has 5 aliphatic rings. The first-order valence-corrected chi connectivity index (χ1v) is 10.4. The van der Waals surface area contributed by atoms with Gasteiger partial charge in [0.15, 0.2) is 0 Å². The highest BCUT2D eigenvalue weighted by atomic mass is 16.2. The van der Waals surface area contributed by atoms with Gasteiger partial charge in [0.25, 0.3) is 11.5 Å². The quantitative estimate of drug-likeness (QED) is 0.721. The minimum atomic E-state index is -0.579. The van der Waals surface area contributed by atoms with Crippen molar-refractivity contribution in [2.75, 3.05) is 11.1 Å². The molecule has 0 atom stereocenters. The summed E-state index contributed by atoms with van der Waals surface area (Å²) >= 11 is 0. The maximum atomic E-state index is 13.7. The molecule has 4 aliphatic carbocycles. The second-order valence-corrected chi connectivity index (χ2v) is 9.27. The van der Waals surface area contributed by atoms with E-state index in [1.165, 1.54) is 12.7 Å². The number of nitrogens with two attached hydrogens (primary N) is 1. The van der Waals surface area contributed by atoms with E-state index in [9.17, 15) is 9.59 Å². The number of anilines is 3. The number of nitrogens with one attached hydrogen (secondary N) is 2. The maximum absolute atomic E-state index is 13.7. The first kappa shape index (κ1) is 17.0. The summed E-state index contributed by atoms with van der Waals surface area (Å²) in [4.78, 5) is 34.8. The lowest BCUT2D eigenvalue weighted by Gasteiger charge is -2.60. The van der Waals surface area contributed by atoms with Crippen molar-refractivity contribution in [2.45, 2.75) is 44.7 Å². The Bertz CT molecular complexity index is 1080. The second kappa shape index (κ2) is 5.58. The maximum Gasteiger partial charge on any atom is 0.276 e. The Morgan fingerprint density at radius 2 is 1.79 bits per heavy atom. The molecule has 1 amide bonds. The molecule has 2 aromatic heterocycles. The van der Waals surface area contributed by atoms with Gasteiger partial charge in [-0.2, -0.15) is 0 Å². The number of hydrogen-bond acceptors (Lipinski definition) is 6. The van der Waals surface area contributed by atoms with Crippen molar-refractivity contribution in [1.29, 1.82) is 0 Å². The number of hydrogen-bond donors (Lipinski definition) is 3. The SMILES string of the molecule is Cc1cc(Nc2cc(N)ncn2)c(=O)n2c1C(=O)NC21C2CC3CC(C2)CC1C3. The molecule has 0 saturated heterocycles. The van der Waals surface area contributed by atoms with Crippen LogP contribution in [0.2, 0.25) is 0 Å². The van der Waals surface area contributed by atoms with Gasteiger partial charge in [-0.15, -0.1) is 0 Å². The molecule has 29 heavy (non-hydrogen) atoms. The van der Waals surface area contributed by atoms with E-state index in [4.69, 9.17) is 5.73 Å². The number of amides is 1. The number of aryl methyl sites for hydroxylation is 1. The zero-order valence-corrected chi connectivity index (χ0v) is 16.3. The van der Waals surface area contributed by atoms with Crippen LogP contribution in [0.15, 0.2) is 23.3 Å². The third kappa shape index (κ3) is 2.20. The van der Waals surface area contributed by atoms with E-state index < -0.39 is 5.66 Å². The van der Waals surface area contributed by atoms with Crippen molar-refractivity contribution in [3.8, 4) is 0 Å². The summed E-state index contributed by atoms with van der Waals surface area (Å²) in [5.74, 6) is 2.81. The zero-order valence-electron chi connectivity index (χ0n) is 16.3. The average Bonchev–Trinajstić information content (AvgIpc) is 2.98. The molecule has 4 N–H and O–H groups in total. The van der Waals surface area contributed by atoms with Crippen LogP contribution in [0.3, 0.4) is 0 Å². The minimum absolute atomic E-state index is 0.120. The van der Waals surface area contributed by atoms with Crippen LogP contribution < -0.4 is 21.9 Å². The highest BCUT2D eigenvalue weighted by Crippen LogP contribution is 2.61. The van der Waals surface area contributed by atoms with Crippen LogP contribution in [-0.4, -0.2) is 20.4 Å². The molecule has 0 unspecified atom stereocenters. The van der Waals surface area contributed by atoms with Crippen molar-refractivity contribution in [3.63, 3.8) is 0 Å². The lowest BCUT2D eigenvalue weighted by Crippen LogP contribution is -2.65. The number of nitrogen functional groups attached to an aromatic ring is 1. The fourth-order valence-corrected chi connectivity index (χ4v) is 6.82. The van der Waals surface area contributed by atoms with Gasteiger partial charge < -0.3 is 16.4 Å². The number of pyridine rings is 1. The Balaban J connectivity index is 1.52. The predicted octanol–water partition coefficient (Wildman–Crippen LogP) is 2.12. The lowest BCUT2D eigenvalue weighted by atomic mass is 9.51. The van der Waals surface area contributed by atoms with Gasteiger partial charge in [-0.1, -0.05) is 0 Å². The van der Waals surface area contributed by atoms with E-state index in [-0.39, 0.29) is 11.5 Å². The van der Waals surface area contributed by atoms with Gasteiger partial charge >= 0.3 is 0 Å². The summed E-state index contributed by atoms with van der Waals surface area (Å²) in [6.45, 7) is 1.89. The molecule has 4 fully saturated rings. The average molecular weight is 392 g/mol. The van der Waals surface area contributed by atoms with Crippen LogP contribution in [0, 0.1) is 30.6 Å². The molecule has 2 aromatic rings. The van der Waals surface area contributed by atoms with Crippen LogP contribution >= 0.6 is 0 Å². The smallest absolute Gasteiger partial charge is 0.276 e. The van der Waals surface area contributed by atoms with E-state index in [2.05, 4.69) is 20.6 Å². The van der Waals surface area contributed by atoms with E-state index in [0.717, 1.165) is 43.1 Å². The normalized spacial score (nSPS) is 33.8. The molecule has 150 valence electrons. The number of carbonyl (C=O) groups excluding carboxylic acids is 1. The first-order chi connectivity index (χ1) is 14.0. The molecule has 8 nitrogen and oxygen atoms in total. The van der Waals surface area contributed by atoms with Gasteiger partial charge in [0.05, 0.1) is 0 Å². The largest absolute Gasteiger partial charge is 0.384 e. The first-order valence-electron chi connectivity index (χ1n) is 10.4. The molecule has 7 rings (SSSR count). The summed E-state index contributed by atoms with van der Waals surface area (Å²) in [6.07, 6.45) is 7.06. The Kier molecular flexibility index (Phi) is 3.27. The number of carbonyl (C=O) groups is 1. The van der Waals surface area contributed by atoms with Crippen LogP contribution in [-0.2, 0) is 5.66 Å². The Morgan fingerprint density at radius 1 is 1.10 bits per heavy atom. The number of aromatic nitrogens is 3. The van der Waals surface area contributed by atoms with E-state index in [0.29, 0.717) is 34.9 Å². The van der Waals surface area contributed by atoms with Gasteiger partial charge in [0.2, 0.25) is 0 Å². The van der Waals surface area contributed by atoms with Gasteiger partial charge in [0, 0.05) is 17.9 Å². The standard InChI is InChI=1S/C21H24N6O2/c1-10-2-15(25-17-8-16(22)23-9-24-17)20(29)27-18(10)19(28)26-21(27)13-4-11-3-12(6-13)7-14(21)5-11/h2,8-9,11-14H,3-7H2,1H3,(H,26,28)(H3,22,23,24,25). The summed E-state index contributed by atoms with van der Waals surface area (Å²) in [6, 6.07) is 3.33. The molecule has 4 bridgehead atoms. The lowest BCUT2D eigenvalue weighted by molar-refractivity contribution is -0.106. The van der Waals surface area contributed by atoms with Crippen molar-refractivity contribution in [2.24, 2.45) is 23.7 Å². The monoisotopic (exact) mass is 392 g/mol. The van der Waals surface area contributed by atoms with Crippen molar-refractivity contribution in [3.05, 3.63) is 40.1 Å². The van der Waals surface area contributed by atoms with E-state index >= 15 is 0 Å². The molecular formula is C21H24N6O2. The molecule has 0 aromatic carbocycles. The summed E-state index contributed by atoms with van der Waals surface area (Å²) in [7, 11) is 0. The summed E-state index contributed by atoms with van der Waals surface area (Å²) in [5, 5.41) is 6.41. The van der Waals surface area contributed by atoms with Crippen LogP contribution in [0.25, 0.3) is 0 Å². The summed E-state index contributed by atoms with van der Waals surface area (Å²) in [5.41, 5.74) is 6.71. The molecule has 8 heteroatoms. The predicted molar refractivity (Wildman–Crippen MR) is 108 cm³/mol. The Labute approximate surface area is 167 Å². The molecule has 1 aliphatic heterocycles. The van der Waals surface area contributed by atoms with E-state index in [1.807, 2.05) is 6.92 Å². The molecule has 3 heterocycles. The Hall–Kier alpha value is -2.90. The minimum Gasteiger partial charge on any atom is -0.384 e. The molecule has 0 radical (unpaired) electrons. The van der Waals surface area contributed by atoms with Crippen molar-refractivity contribution in [1.82, 2.24) is 19.9 Å². The van der Waals surface area contributed by atoms with Crippen LogP contribution in [0.5, 0.6) is 0 Å². The van der Waals surface area contributed by atoms with Gasteiger partial charge in [0.1, 0.15) is 35.0 Å². The molecule has 4 saturated carbocycles. The zero-order chi connectivity index (χ0) is 19.9. The fraction of sp³-hybridized carbons (Fsp3) is 0.524. The Morgan fingerprint density at radius 3 is 2.45 bits per heavy atom. The van der Waals surface area contributed by atoms with Crippen LogP contribution in [0.4, 0.5) is 17.3 Å². The van der Waals surface area contributed by atoms with Crippen LogP contribution in [0.1, 0.15) is 48.2 Å². The second-order valence-electron chi connectivity index (χ2n) is 9.27. The molecular weight excluding hydrogens is 368 g/mol. The highest BCUT2D eigenvalue weighted by molar-refractivity contribution is 5.97. The van der Waals surface area contributed by atoms with Gasteiger partial charge in [-0.3, -0.25) is 14.2 Å².